The molecule has 0 radical (unpaired) electrons. The molecule has 1 fully saturated rings. The topological polar surface area (TPSA) is 0 Å². The lowest BCUT2D eigenvalue weighted by molar-refractivity contribution is 0.355. The molecule has 0 aromatic heterocycles. The smallest absolute Gasteiger partial charge is 0.0233 e. The van der Waals surface area contributed by atoms with E-state index in [2.05, 4.69) is 38.2 Å². The van der Waals surface area contributed by atoms with Crippen LogP contribution in [0.15, 0.2) is 24.3 Å². The van der Waals surface area contributed by atoms with E-state index in [0.717, 1.165) is 11.8 Å². The van der Waals surface area contributed by atoms with Crippen molar-refractivity contribution < 1.29 is 0 Å². The molecule has 0 N–H and O–H groups in total. The highest BCUT2D eigenvalue weighted by Gasteiger charge is 2.17. The number of hydrogen-bond acceptors (Lipinski definition) is 0. The summed E-state index contributed by atoms with van der Waals surface area (Å²) in [6.07, 6.45) is 44.3. The normalized spacial score (nSPS) is 19.4. The Labute approximate surface area is 204 Å². The zero-order valence-electron chi connectivity index (χ0n) is 22.4. The van der Waals surface area contributed by atoms with Crippen molar-refractivity contribution in [3.05, 3.63) is 24.3 Å². The summed E-state index contributed by atoms with van der Waals surface area (Å²) in [6.45, 7) is 4.60. The van der Waals surface area contributed by atoms with Crippen LogP contribution in [0.5, 0.6) is 0 Å². The predicted molar refractivity (Wildman–Crippen MR) is 147 cm³/mol. The van der Waals surface area contributed by atoms with Gasteiger partial charge in [0.1, 0.15) is 0 Å². The summed E-state index contributed by atoms with van der Waals surface area (Å²) >= 11 is 0. The summed E-state index contributed by atoms with van der Waals surface area (Å²) in [4.78, 5) is 0. The van der Waals surface area contributed by atoms with Gasteiger partial charge in [-0.25, -0.2) is 0 Å². The van der Waals surface area contributed by atoms with E-state index in [9.17, 15) is 0 Å². The zero-order chi connectivity index (χ0) is 23.0. The van der Waals surface area contributed by atoms with Crippen molar-refractivity contribution in [2.75, 3.05) is 0 Å². The quantitative estimate of drug-likeness (QED) is 0.115. The summed E-state index contributed by atoms with van der Waals surface area (Å²) in [5.74, 6) is 1.74. The number of unbranched alkanes of at least 4 members (excludes halogenated alkanes) is 18. The number of allylic oxidation sites excluding steroid dienone is 4. The first kappa shape index (κ1) is 29.5. The minimum Gasteiger partial charge on any atom is -0.0883 e. The second-order valence-corrected chi connectivity index (χ2v) is 10.8. The first-order chi connectivity index (χ1) is 15.9. The molecule has 32 heavy (non-hydrogen) atoms. The third kappa shape index (κ3) is 19.0. The molecular formula is C32H60. The molecule has 0 aromatic carbocycles. The van der Waals surface area contributed by atoms with Gasteiger partial charge in [0, 0.05) is 0 Å². The lowest BCUT2D eigenvalue weighted by Gasteiger charge is -2.24. The van der Waals surface area contributed by atoms with E-state index in [4.69, 9.17) is 0 Å². The second kappa shape index (κ2) is 23.6. The van der Waals surface area contributed by atoms with Crippen molar-refractivity contribution in [2.24, 2.45) is 11.8 Å². The van der Waals surface area contributed by atoms with Gasteiger partial charge in [-0.15, -0.1) is 0 Å². The van der Waals surface area contributed by atoms with Gasteiger partial charge in [-0.05, 0) is 63.2 Å². The molecule has 0 spiro atoms. The van der Waals surface area contributed by atoms with Crippen molar-refractivity contribution >= 4 is 0 Å². The van der Waals surface area contributed by atoms with E-state index < -0.39 is 0 Å². The van der Waals surface area contributed by atoms with E-state index >= 15 is 0 Å². The molecule has 0 bridgehead atoms. The Morgan fingerprint density at radius 1 is 0.406 bits per heavy atom. The minimum atomic E-state index is 0.871. The molecule has 0 heteroatoms. The lowest BCUT2D eigenvalue weighted by Crippen LogP contribution is -2.11. The Kier molecular flexibility index (Phi) is 21.8. The molecule has 0 heterocycles. The molecule has 0 saturated heterocycles. The van der Waals surface area contributed by atoms with Gasteiger partial charge in [-0.2, -0.15) is 0 Å². The summed E-state index contributed by atoms with van der Waals surface area (Å²) < 4.78 is 0. The Balaban J connectivity index is 1.88. The molecule has 0 nitrogen and oxygen atoms in total. The van der Waals surface area contributed by atoms with Gasteiger partial charge in [0.15, 0.2) is 0 Å². The van der Waals surface area contributed by atoms with Crippen LogP contribution in [0.1, 0.15) is 168 Å². The fraction of sp³-hybridized carbons (Fsp3) is 0.875. The van der Waals surface area contributed by atoms with Crippen molar-refractivity contribution in [1.82, 2.24) is 0 Å². The monoisotopic (exact) mass is 444 g/mol. The molecule has 0 unspecified atom stereocenters. The molecule has 0 aromatic rings. The largest absolute Gasteiger partial charge is 0.0883 e. The van der Waals surface area contributed by atoms with Crippen LogP contribution in [0, 0.1) is 11.8 Å². The van der Waals surface area contributed by atoms with E-state index in [1.807, 2.05) is 0 Å². The Hall–Kier alpha value is -0.520. The van der Waals surface area contributed by atoms with Gasteiger partial charge >= 0.3 is 0 Å². The number of hydrogen-bond donors (Lipinski definition) is 0. The molecule has 1 rings (SSSR count). The van der Waals surface area contributed by atoms with Crippen LogP contribution in [0.3, 0.4) is 0 Å². The number of rotatable bonds is 22. The third-order valence-electron chi connectivity index (χ3n) is 7.58. The van der Waals surface area contributed by atoms with E-state index in [0.29, 0.717) is 0 Å². The SMILES string of the molecule is CCCCCCCCCCC/C=C/C1CCC(/C=C/CCCCCCCCCCC)CC1. The highest BCUT2D eigenvalue weighted by molar-refractivity contribution is 4.96. The third-order valence-corrected chi connectivity index (χ3v) is 7.58. The molecule has 1 aliphatic carbocycles. The Morgan fingerprint density at radius 3 is 1.00 bits per heavy atom. The van der Waals surface area contributed by atoms with Crippen LogP contribution in [-0.4, -0.2) is 0 Å². The van der Waals surface area contributed by atoms with E-state index in [-0.39, 0.29) is 0 Å². The fourth-order valence-electron chi connectivity index (χ4n) is 5.25. The summed E-state index contributed by atoms with van der Waals surface area (Å²) in [5.41, 5.74) is 0. The second-order valence-electron chi connectivity index (χ2n) is 10.8. The Bertz CT molecular complexity index is 370. The van der Waals surface area contributed by atoms with Gasteiger partial charge in [-0.3, -0.25) is 0 Å². The maximum absolute atomic E-state index is 2.56. The highest BCUT2D eigenvalue weighted by Crippen LogP contribution is 2.30. The van der Waals surface area contributed by atoms with Gasteiger partial charge in [0.25, 0.3) is 0 Å². The zero-order valence-corrected chi connectivity index (χ0v) is 22.4. The first-order valence-corrected chi connectivity index (χ1v) is 15.2. The van der Waals surface area contributed by atoms with Crippen molar-refractivity contribution in [2.45, 2.75) is 168 Å². The minimum absolute atomic E-state index is 0.871. The summed E-state index contributed by atoms with van der Waals surface area (Å²) in [5, 5.41) is 0. The summed E-state index contributed by atoms with van der Waals surface area (Å²) in [6, 6.07) is 0. The van der Waals surface area contributed by atoms with Crippen LogP contribution in [-0.2, 0) is 0 Å². The molecule has 1 saturated carbocycles. The van der Waals surface area contributed by atoms with Gasteiger partial charge < -0.3 is 0 Å². The van der Waals surface area contributed by atoms with Gasteiger partial charge in [0.2, 0.25) is 0 Å². The molecule has 0 atom stereocenters. The maximum atomic E-state index is 2.56. The molecule has 188 valence electrons. The van der Waals surface area contributed by atoms with Gasteiger partial charge in [0.05, 0.1) is 0 Å². The average Bonchev–Trinajstić information content (AvgIpc) is 2.82. The molecule has 0 aliphatic heterocycles. The standard InChI is InChI=1S/C32H60/c1-3-5-7-9-11-13-15-17-19-21-23-25-31-27-29-32(30-28-31)26-24-22-20-18-16-14-12-10-8-6-4-2/h23-26,31-32H,3-22,27-30H2,1-2H3/b25-23+,26-24+. The van der Waals surface area contributed by atoms with Gasteiger partial charge in [-0.1, -0.05) is 141 Å². The fourth-order valence-corrected chi connectivity index (χ4v) is 5.25. The first-order valence-electron chi connectivity index (χ1n) is 15.2. The van der Waals surface area contributed by atoms with Crippen molar-refractivity contribution in [3.8, 4) is 0 Å². The van der Waals surface area contributed by atoms with E-state index in [1.54, 1.807) is 0 Å². The summed E-state index contributed by atoms with van der Waals surface area (Å²) in [7, 11) is 0. The van der Waals surface area contributed by atoms with Crippen LogP contribution in [0.4, 0.5) is 0 Å². The predicted octanol–water partition coefficient (Wildman–Crippen LogP) is 11.7. The van der Waals surface area contributed by atoms with Crippen LogP contribution in [0.2, 0.25) is 0 Å². The van der Waals surface area contributed by atoms with Crippen LogP contribution in [0.25, 0.3) is 0 Å². The van der Waals surface area contributed by atoms with Crippen LogP contribution < -0.4 is 0 Å². The molecular weight excluding hydrogens is 384 g/mol. The van der Waals surface area contributed by atoms with E-state index in [1.165, 1.54) is 154 Å². The molecule has 1 aliphatic rings. The molecule has 0 amide bonds. The van der Waals surface area contributed by atoms with Crippen molar-refractivity contribution in [3.63, 3.8) is 0 Å². The van der Waals surface area contributed by atoms with Crippen molar-refractivity contribution in [1.29, 1.82) is 0 Å². The maximum Gasteiger partial charge on any atom is -0.0233 e. The Morgan fingerprint density at radius 2 is 0.688 bits per heavy atom. The lowest BCUT2D eigenvalue weighted by atomic mass is 9.81. The highest BCUT2D eigenvalue weighted by atomic mass is 14.2. The van der Waals surface area contributed by atoms with Crippen LogP contribution >= 0.6 is 0 Å². The average molecular weight is 445 g/mol.